The second-order valence-corrected chi connectivity index (χ2v) is 5.22. The third kappa shape index (κ3) is 1.55. The Balaban J connectivity index is 1.87. The summed E-state index contributed by atoms with van der Waals surface area (Å²) in [5.41, 5.74) is 8.06. The van der Waals surface area contributed by atoms with Crippen molar-refractivity contribution in [1.82, 2.24) is 4.98 Å². The zero-order valence-corrected chi connectivity index (χ0v) is 10.9. The van der Waals surface area contributed by atoms with Gasteiger partial charge in [0.2, 0.25) is 0 Å². The van der Waals surface area contributed by atoms with E-state index in [1.165, 1.54) is 38.9 Å². The summed E-state index contributed by atoms with van der Waals surface area (Å²) in [6.45, 7) is 2.21. The predicted molar refractivity (Wildman–Crippen MR) is 81.1 cm³/mol. The highest BCUT2D eigenvalue weighted by Crippen LogP contribution is 2.34. The van der Waals surface area contributed by atoms with E-state index in [2.05, 4.69) is 66.5 Å². The van der Waals surface area contributed by atoms with Gasteiger partial charge in [0.1, 0.15) is 0 Å². The van der Waals surface area contributed by atoms with E-state index in [4.69, 9.17) is 0 Å². The zero-order chi connectivity index (χ0) is 12.8. The molecular weight excluding hydrogens is 230 g/mol. The fraction of sp³-hybridized carbons (Fsp3) is 0.111. The van der Waals surface area contributed by atoms with Gasteiger partial charge >= 0.3 is 0 Å². The molecule has 1 nitrogen and oxygen atoms in total. The summed E-state index contributed by atoms with van der Waals surface area (Å²) in [6, 6.07) is 17.2. The monoisotopic (exact) mass is 245 g/mol. The number of para-hydroxylation sites is 1. The van der Waals surface area contributed by atoms with E-state index in [0.717, 1.165) is 6.42 Å². The van der Waals surface area contributed by atoms with Gasteiger partial charge in [0.25, 0.3) is 0 Å². The van der Waals surface area contributed by atoms with Crippen molar-refractivity contribution in [2.75, 3.05) is 0 Å². The molecule has 0 saturated heterocycles. The smallest absolute Gasteiger partial charge is 0.0461 e. The molecule has 1 aliphatic rings. The lowest BCUT2D eigenvalue weighted by molar-refractivity contribution is 1.26. The topological polar surface area (TPSA) is 15.8 Å². The number of fused-ring (bicyclic) bond motifs is 2. The molecule has 92 valence electrons. The molecule has 1 heteroatoms. The molecule has 1 aliphatic carbocycles. The van der Waals surface area contributed by atoms with Crippen molar-refractivity contribution in [3.63, 3.8) is 0 Å². The molecule has 0 amide bonds. The second-order valence-electron chi connectivity index (χ2n) is 5.22. The number of H-pyrrole nitrogens is 1. The SMILES string of the molecule is Cc1c(C2=Cc3ccccc3C2)[nH]c2ccccc12. The van der Waals surface area contributed by atoms with E-state index < -0.39 is 0 Å². The largest absolute Gasteiger partial charge is 0.355 e. The number of hydrogen-bond donors (Lipinski definition) is 1. The van der Waals surface area contributed by atoms with E-state index >= 15 is 0 Å². The van der Waals surface area contributed by atoms with Crippen LogP contribution in [0.15, 0.2) is 48.5 Å². The summed E-state index contributed by atoms with van der Waals surface area (Å²) in [5, 5.41) is 1.33. The highest BCUT2D eigenvalue weighted by atomic mass is 14.7. The number of benzene rings is 2. The number of rotatable bonds is 1. The van der Waals surface area contributed by atoms with Gasteiger partial charge in [-0.15, -0.1) is 0 Å². The van der Waals surface area contributed by atoms with Crippen LogP contribution in [0.3, 0.4) is 0 Å². The molecule has 1 N–H and O–H groups in total. The molecule has 0 unspecified atom stereocenters. The highest BCUT2D eigenvalue weighted by molar-refractivity contribution is 5.95. The molecule has 0 atom stereocenters. The Morgan fingerprint density at radius 2 is 1.74 bits per heavy atom. The fourth-order valence-electron chi connectivity index (χ4n) is 3.04. The first kappa shape index (κ1) is 10.6. The lowest BCUT2D eigenvalue weighted by atomic mass is 10.0. The van der Waals surface area contributed by atoms with Crippen LogP contribution in [-0.4, -0.2) is 4.98 Å². The van der Waals surface area contributed by atoms with Gasteiger partial charge in [-0.3, -0.25) is 0 Å². The van der Waals surface area contributed by atoms with Gasteiger partial charge in [-0.2, -0.15) is 0 Å². The molecule has 0 radical (unpaired) electrons. The molecule has 3 aromatic rings. The maximum Gasteiger partial charge on any atom is 0.0461 e. The molecule has 0 bridgehead atoms. The molecule has 2 aromatic carbocycles. The van der Waals surface area contributed by atoms with Crippen LogP contribution >= 0.6 is 0 Å². The van der Waals surface area contributed by atoms with Crippen molar-refractivity contribution in [3.8, 4) is 0 Å². The molecule has 19 heavy (non-hydrogen) atoms. The van der Waals surface area contributed by atoms with Crippen molar-refractivity contribution in [1.29, 1.82) is 0 Å². The van der Waals surface area contributed by atoms with Crippen LogP contribution < -0.4 is 0 Å². The first-order chi connectivity index (χ1) is 9.33. The molecule has 0 aliphatic heterocycles. The summed E-state index contributed by atoms with van der Waals surface area (Å²) in [6.07, 6.45) is 3.34. The fourth-order valence-corrected chi connectivity index (χ4v) is 3.04. The normalized spacial score (nSPS) is 13.6. The summed E-state index contributed by atoms with van der Waals surface area (Å²) in [5.74, 6) is 0. The average molecular weight is 245 g/mol. The van der Waals surface area contributed by atoms with Gasteiger partial charge in [0.15, 0.2) is 0 Å². The van der Waals surface area contributed by atoms with Crippen molar-refractivity contribution in [2.24, 2.45) is 0 Å². The lowest BCUT2D eigenvalue weighted by Crippen LogP contribution is -1.87. The molecule has 1 aromatic heterocycles. The summed E-state index contributed by atoms with van der Waals surface area (Å²) >= 11 is 0. The van der Waals surface area contributed by atoms with Gasteiger partial charge < -0.3 is 4.98 Å². The Bertz CT molecular complexity index is 805. The van der Waals surface area contributed by atoms with Crippen molar-refractivity contribution < 1.29 is 0 Å². The number of aromatic nitrogens is 1. The van der Waals surface area contributed by atoms with Gasteiger partial charge in [0.05, 0.1) is 0 Å². The van der Waals surface area contributed by atoms with E-state index in [9.17, 15) is 0 Å². The zero-order valence-electron chi connectivity index (χ0n) is 10.9. The summed E-state index contributed by atoms with van der Waals surface area (Å²) in [4.78, 5) is 3.57. The van der Waals surface area contributed by atoms with Gasteiger partial charge in [0, 0.05) is 23.0 Å². The Morgan fingerprint density at radius 1 is 0.947 bits per heavy atom. The maximum absolute atomic E-state index is 3.57. The average Bonchev–Trinajstić information content (AvgIpc) is 3.00. The minimum Gasteiger partial charge on any atom is -0.355 e. The molecule has 0 saturated carbocycles. The Labute approximate surface area is 112 Å². The minimum absolute atomic E-state index is 1.03. The summed E-state index contributed by atoms with van der Waals surface area (Å²) in [7, 11) is 0. The van der Waals surface area contributed by atoms with E-state index in [1.54, 1.807) is 0 Å². The van der Waals surface area contributed by atoms with Crippen LogP contribution in [0.1, 0.15) is 22.4 Å². The minimum atomic E-state index is 1.03. The number of aryl methyl sites for hydroxylation is 1. The number of hydrogen-bond acceptors (Lipinski definition) is 0. The number of nitrogens with one attached hydrogen (secondary N) is 1. The van der Waals surface area contributed by atoms with Crippen LogP contribution in [0.5, 0.6) is 0 Å². The first-order valence-electron chi connectivity index (χ1n) is 6.69. The third-order valence-corrected chi connectivity index (χ3v) is 4.05. The summed E-state index contributed by atoms with van der Waals surface area (Å²) < 4.78 is 0. The van der Waals surface area contributed by atoms with Crippen molar-refractivity contribution in [3.05, 3.63) is 70.9 Å². The molecule has 1 heterocycles. The van der Waals surface area contributed by atoms with Crippen LogP contribution in [0.4, 0.5) is 0 Å². The Hall–Kier alpha value is -2.28. The predicted octanol–water partition coefficient (Wildman–Crippen LogP) is 4.57. The van der Waals surface area contributed by atoms with E-state index in [0.29, 0.717) is 0 Å². The van der Waals surface area contributed by atoms with Gasteiger partial charge in [-0.1, -0.05) is 42.5 Å². The van der Waals surface area contributed by atoms with Crippen LogP contribution in [-0.2, 0) is 6.42 Å². The molecule has 4 rings (SSSR count). The van der Waals surface area contributed by atoms with Gasteiger partial charge in [-0.25, -0.2) is 0 Å². The van der Waals surface area contributed by atoms with Crippen LogP contribution in [0, 0.1) is 6.92 Å². The number of allylic oxidation sites excluding steroid dienone is 1. The molecule has 0 fully saturated rings. The number of aromatic amines is 1. The van der Waals surface area contributed by atoms with E-state index in [1.807, 2.05) is 0 Å². The van der Waals surface area contributed by atoms with Crippen LogP contribution in [0.25, 0.3) is 22.6 Å². The first-order valence-corrected chi connectivity index (χ1v) is 6.69. The van der Waals surface area contributed by atoms with Crippen LogP contribution in [0.2, 0.25) is 0 Å². The standard InChI is InChI=1S/C18H15N/c1-12-16-8-4-5-9-17(16)19-18(12)15-10-13-6-2-3-7-14(13)11-15/h2-10,19H,11H2,1H3. The van der Waals surface area contributed by atoms with E-state index in [-0.39, 0.29) is 0 Å². The quantitative estimate of drug-likeness (QED) is 0.646. The van der Waals surface area contributed by atoms with Crippen molar-refractivity contribution in [2.45, 2.75) is 13.3 Å². The van der Waals surface area contributed by atoms with Crippen molar-refractivity contribution >= 4 is 22.6 Å². The molecular formula is C18H15N. The lowest BCUT2D eigenvalue weighted by Gasteiger charge is -2.01. The Kier molecular flexibility index (Phi) is 2.16. The van der Waals surface area contributed by atoms with Gasteiger partial charge in [-0.05, 0) is 41.3 Å². The molecule has 0 spiro atoms. The third-order valence-electron chi connectivity index (χ3n) is 4.05. The highest BCUT2D eigenvalue weighted by Gasteiger charge is 2.17. The maximum atomic E-state index is 3.57. The second kappa shape index (κ2) is 3.86. The Morgan fingerprint density at radius 3 is 2.58 bits per heavy atom.